The van der Waals surface area contributed by atoms with Gasteiger partial charge in [0.15, 0.2) is 0 Å². The third-order valence-electron chi connectivity index (χ3n) is 8.01. The number of hydrogen-bond donors (Lipinski definition) is 2. The third kappa shape index (κ3) is 5.41. The van der Waals surface area contributed by atoms with Crippen LogP contribution < -0.4 is 0 Å². The molecule has 0 amide bonds. The van der Waals surface area contributed by atoms with Crippen LogP contribution in [-0.2, 0) is 0 Å². The minimum absolute atomic E-state index is 0.336. The van der Waals surface area contributed by atoms with Crippen molar-refractivity contribution in [2.45, 2.75) is 109 Å². The molecule has 0 aromatic rings. The number of rotatable bonds is 6. The van der Waals surface area contributed by atoms with Crippen LogP contribution in [-0.4, -0.2) is 28.1 Å². The number of fused-ring (bicyclic) bond motifs is 1. The molecule has 2 nitrogen and oxygen atoms in total. The van der Waals surface area contributed by atoms with Gasteiger partial charge in [0.1, 0.15) is 6.17 Å². The number of allylic oxidation sites excluding steroid dienone is 3. The molecule has 3 saturated carbocycles. The predicted molar refractivity (Wildman–Crippen MR) is 118 cm³/mol. The highest BCUT2D eigenvalue weighted by Gasteiger charge is 2.48. The molecule has 3 fully saturated rings. The Kier molecular flexibility index (Phi) is 7.10. The molecule has 0 radical (unpaired) electrons. The first-order chi connectivity index (χ1) is 13.6. The maximum Gasteiger partial charge on any atom is 0.127 e. The van der Waals surface area contributed by atoms with E-state index in [1.807, 2.05) is 13.8 Å². The van der Waals surface area contributed by atoms with E-state index in [0.717, 1.165) is 30.8 Å². The standard InChI is InChI=1S/C26H41FO2/c1-18-23(27)16-19(17-24(18)28)10-11-20-8-7-15-26(4)21(12-13-22(20)26)9-5-6-14-25(2,3)29/h10-11,21-24,28-29H,1,5-9,12-17H2,2-4H3/b19-10-,20-11+/t21-,22-,23-,24+,26+/m0/s1. The Morgan fingerprint density at radius 2 is 1.97 bits per heavy atom. The van der Waals surface area contributed by atoms with E-state index in [4.69, 9.17) is 0 Å². The van der Waals surface area contributed by atoms with Crippen LogP contribution in [0.25, 0.3) is 0 Å². The van der Waals surface area contributed by atoms with E-state index in [0.29, 0.717) is 29.7 Å². The van der Waals surface area contributed by atoms with Gasteiger partial charge in [-0.1, -0.05) is 49.6 Å². The van der Waals surface area contributed by atoms with Gasteiger partial charge in [-0.3, -0.25) is 0 Å². The van der Waals surface area contributed by atoms with Crippen molar-refractivity contribution in [3.8, 4) is 0 Å². The summed E-state index contributed by atoms with van der Waals surface area (Å²) >= 11 is 0. The van der Waals surface area contributed by atoms with Crippen LogP contribution in [0.15, 0.2) is 35.5 Å². The molecule has 29 heavy (non-hydrogen) atoms. The Morgan fingerprint density at radius 3 is 2.66 bits per heavy atom. The average molecular weight is 405 g/mol. The van der Waals surface area contributed by atoms with E-state index in [9.17, 15) is 14.6 Å². The summed E-state index contributed by atoms with van der Waals surface area (Å²) in [6, 6.07) is 0. The largest absolute Gasteiger partial charge is 0.390 e. The quantitative estimate of drug-likeness (QED) is 0.395. The third-order valence-corrected chi connectivity index (χ3v) is 8.01. The van der Waals surface area contributed by atoms with Gasteiger partial charge in [-0.15, -0.1) is 0 Å². The van der Waals surface area contributed by atoms with Crippen molar-refractivity contribution in [3.63, 3.8) is 0 Å². The summed E-state index contributed by atoms with van der Waals surface area (Å²) in [6.45, 7) is 9.98. The summed E-state index contributed by atoms with van der Waals surface area (Å²) in [5.41, 5.74) is 2.73. The highest BCUT2D eigenvalue weighted by atomic mass is 19.1. The second kappa shape index (κ2) is 9.06. The zero-order valence-corrected chi connectivity index (χ0v) is 18.7. The Hall–Kier alpha value is -0.930. The topological polar surface area (TPSA) is 40.5 Å². The number of aliphatic hydroxyl groups is 2. The molecular weight excluding hydrogens is 363 g/mol. The Bertz CT molecular complexity index is 640. The van der Waals surface area contributed by atoms with Gasteiger partial charge >= 0.3 is 0 Å². The molecular formula is C26H41FO2. The lowest BCUT2D eigenvalue weighted by Crippen LogP contribution is -2.33. The number of unbranched alkanes of at least 4 members (excludes halogenated alkanes) is 1. The highest BCUT2D eigenvalue weighted by molar-refractivity contribution is 5.29. The maximum atomic E-state index is 14.1. The molecule has 164 valence electrons. The fourth-order valence-corrected chi connectivity index (χ4v) is 6.16. The lowest BCUT2D eigenvalue weighted by molar-refractivity contribution is 0.0659. The maximum absolute atomic E-state index is 14.1. The van der Waals surface area contributed by atoms with Crippen LogP contribution in [0.3, 0.4) is 0 Å². The van der Waals surface area contributed by atoms with Crippen LogP contribution in [0.5, 0.6) is 0 Å². The van der Waals surface area contributed by atoms with E-state index in [2.05, 4.69) is 25.7 Å². The summed E-state index contributed by atoms with van der Waals surface area (Å²) in [4.78, 5) is 0. The number of hydrogen-bond acceptors (Lipinski definition) is 2. The summed E-state index contributed by atoms with van der Waals surface area (Å²) in [7, 11) is 0. The molecule has 0 aromatic heterocycles. The van der Waals surface area contributed by atoms with Crippen molar-refractivity contribution in [3.05, 3.63) is 35.5 Å². The van der Waals surface area contributed by atoms with Crippen molar-refractivity contribution in [2.75, 3.05) is 0 Å². The molecule has 0 bridgehead atoms. The zero-order chi connectivity index (χ0) is 21.2. The molecule has 0 saturated heterocycles. The molecule has 0 heterocycles. The monoisotopic (exact) mass is 404 g/mol. The molecule has 0 aromatic carbocycles. The summed E-state index contributed by atoms with van der Waals surface area (Å²) < 4.78 is 14.1. The van der Waals surface area contributed by atoms with Crippen molar-refractivity contribution < 1.29 is 14.6 Å². The van der Waals surface area contributed by atoms with Crippen molar-refractivity contribution in [2.24, 2.45) is 17.3 Å². The summed E-state index contributed by atoms with van der Waals surface area (Å²) in [6.07, 6.45) is 14.2. The van der Waals surface area contributed by atoms with Gasteiger partial charge in [0.25, 0.3) is 0 Å². The Morgan fingerprint density at radius 1 is 1.21 bits per heavy atom. The lowest BCUT2D eigenvalue weighted by Gasteiger charge is -2.42. The smallest absolute Gasteiger partial charge is 0.127 e. The molecule has 3 rings (SSSR count). The fourth-order valence-electron chi connectivity index (χ4n) is 6.16. The molecule has 2 N–H and O–H groups in total. The molecule has 3 aliphatic carbocycles. The summed E-state index contributed by atoms with van der Waals surface area (Å²) in [5, 5.41) is 20.0. The number of aliphatic hydroxyl groups excluding tert-OH is 1. The van der Waals surface area contributed by atoms with E-state index in [1.54, 1.807) is 5.57 Å². The molecule has 0 spiro atoms. The predicted octanol–water partition coefficient (Wildman–Crippen LogP) is 6.44. The van der Waals surface area contributed by atoms with Crippen molar-refractivity contribution >= 4 is 0 Å². The van der Waals surface area contributed by atoms with Crippen molar-refractivity contribution in [1.82, 2.24) is 0 Å². The van der Waals surface area contributed by atoms with Crippen LogP contribution in [0.4, 0.5) is 4.39 Å². The van der Waals surface area contributed by atoms with E-state index >= 15 is 0 Å². The first-order valence-corrected chi connectivity index (χ1v) is 11.7. The van der Waals surface area contributed by atoms with Crippen LogP contribution in [0, 0.1) is 17.3 Å². The van der Waals surface area contributed by atoms with Crippen LogP contribution >= 0.6 is 0 Å². The van der Waals surface area contributed by atoms with Gasteiger partial charge in [-0.05, 0) is 88.0 Å². The SMILES string of the molecule is C=C1[C@H](O)C/C(=C\C=C2/CCC[C@]3(C)[C@@H](CCCCC(C)(C)O)CC[C@@H]23)C[C@@H]1F. The highest BCUT2D eigenvalue weighted by Crippen LogP contribution is 2.58. The minimum Gasteiger partial charge on any atom is -0.390 e. The van der Waals surface area contributed by atoms with Gasteiger partial charge in [-0.2, -0.15) is 0 Å². The van der Waals surface area contributed by atoms with E-state index < -0.39 is 17.9 Å². The molecule has 3 heteroatoms. The van der Waals surface area contributed by atoms with Gasteiger partial charge in [0, 0.05) is 6.42 Å². The molecule has 0 unspecified atom stereocenters. The van der Waals surface area contributed by atoms with Crippen LogP contribution in [0.1, 0.15) is 91.4 Å². The zero-order valence-electron chi connectivity index (χ0n) is 18.7. The second-order valence-electron chi connectivity index (χ2n) is 10.8. The minimum atomic E-state index is -1.11. The first kappa shape index (κ1) is 22.7. The van der Waals surface area contributed by atoms with Crippen LogP contribution in [0.2, 0.25) is 0 Å². The molecule has 5 atom stereocenters. The van der Waals surface area contributed by atoms with E-state index in [1.165, 1.54) is 38.5 Å². The fraction of sp³-hybridized carbons (Fsp3) is 0.769. The van der Waals surface area contributed by atoms with Crippen molar-refractivity contribution in [1.29, 1.82) is 0 Å². The van der Waals surface area contributed by atoms with Gasteiger partial charge in [0.05, 0.1) is 11.7 Å². The van der Waals surface area contributed by atoms with E-state index in [-0.39, 0.29) is 0 Å². The molecule has 0 aliphatic heterocycles. The lowest BCUT2D eigenvalue weighted by atomic mass is 9.62. The average Bonchev–Trinajstić information content (AvgIpc) is 2.97. The van der Waals surface area contributed by atoms with Gasteiger partial charge in [0.2, 0.25) is 0 Å². The number of alkyl halides is 1. The normalized spacial score (nSPS) is 38.6. The first-order valence-electron chi connectivity index (χ1n) is 11.7. The number of halogens is 1. The van der Waals surface area contributed by atoms with Gasteiger partial charge < -0.3 is 10.2 Å². The summed E-state index contributed by atoms with van der Waals surface area (Å²) in [5.74, 6) is 1.43. The second-order valence-corrected chi connectivity index (χ2v) is 10.8. The Balaban J connectivity index is 1.63. The molecule has 3 aliphatic rings. The Labute approximate surface area is 177 Å². The van der Waals surface area contributed by atoms with Gasteiger partial charge in [-0.25, -0.2) is 4.39 Å².